The molecular formula is C26H28N2O5S. The number of benzene rings is 3. The Kier molecular flexibility index (Phi) is 6.79. The molecule has 34 heavy (non-hydrogen) atoms. The summed E-state index contributed by atoms with van der Waals surface area (Å²) in [5.74, 6) is 0.718. The summed E-state index contributed by atoms with van der Waals surface area (Å²) in [5, 5.41) is 2.85. The predicted molar refractivity (Wildman–Crippen MR) is 131 cm³/mol. The Balaban J connectivity index is 1.51. The molecule has 8 heteroatoms. The van der Waals surface area contributed by atoms with E-state index < -0.39 is 16.1 Å². The molecule has 1 unspecified atom stereocenters. The molecule has 0 bridgehead atoms. The molecule has 1 atom stereocenters. The zero-order valence-corrected chi connectivity index (χ0v) is 20.2. The molecule has 178 valence electrons. The van der Waals surface area contributed by atoms with Gasteiger partial charge >= 0.3 is 0 Å². The number of sulfonamides is 1. The van der Waals surface area contributed by atoms with E-state index in [0.717, 1.165) is 16.9 Å². The summed E-state index contributed by atoms with van der Waals surface area (Å²) in [4.78, 5) is 13.1. The minimum Gasteiger partial charge on any atom is -0.491 e. The summed E-state index contributed by atoms with van der Waals surface area (Å²) < 4.78 is 39.7. The summed E-state index contributed by atoms with van der Waals surface area (Å²) in [7, 11) is -3.88. The highest BCUT2D eigenvalue weighted by Crippen LogP contribution is 2.36. The molecule has 0 aromatic heterocycles. The van der Waals surface area contributed by atoms with Crippen LogP contribution < -0.4 is 19.1 Å². The van der Waals surface area contributed by atoms with E-state index in [2.05, 4.69) is 5.32 Å². The fourth-order valence-electron chi connectivity index (χ4n) is 3.66. The molecule has 0 saturated heterocycles. The van der Waals surface area contributed by atoms with Gasteiger partial charge in [0.25, 0.3) is 15.9 Å². The molecule has 0 saturated carbocycles. The van der Waals surface area contributed by atoms with Crippen molar-refractivity contribution in [3.63, 3.8) is 0 Å². The van der Waals surface area contributed by atoms with Gasteiger partial charge in [0.15, 0.2) is 6.10 Å². The average molecular weight is 481 g/mol. The third kappa shape index (κ3) is 5.17. The van der Waals surface area contributed by atoms with Gasteiger partial charge in [-0.05, 0) is 62.7 Å². The topological polar surface area (TPSA) is 84.9 Å². The fourth-order valence-corrected chi connectivity index (χ4v) is 5.14. The standard InChI is InChI=1S/C26H28N2O5S/c1-18(2)32-21-12-10-20(11-13-21)16-27-26(29)25-17-28(23-6-4-5-7-24(23)33-25)34(30,31)22-14-8-19(3)9-15-22/h4-15,18,25H,16-17H2,1-3H3,(H,27,29). The van der Waals surface area contributed by atoms with Crippen LogP contribution in [0.15, 0.2) is 77.7 Å². The first-order chi connectivity index (χ1) is 16.2. The normalized spacial score (nSPS) is 15.4. The molecule has 0 spiro atoms. The number of hydrogen-bond donors (Lipinski definition) is 1. The number of aryl methyl sites for hydroxylation is 1. The van der Waals surface area contributed by atoms with Crippen molar-refractivity contribution < 1.29 is 22.7 Å². The predicted octanol–water partition coefficient (Wildman–Crippen LogP) is 4.05. The van der Waals surface area contributed by atoms with Gasteiger partial charge in [0.2, 0.25) is 0 Å². The monoisotopic (exact) mass is 480 g/mol. The van der Waals surface area contributed by atoms with Crippen LogP contribution in [0.25, 0.3) is 0 Å². The largest absolute Gasteiger partial charge is 0.491 e. The van der Waals surface area contributed by atoms with Gasteiger partial charge in [-0.15, -0.1) is 0 Å². The number of carbonyl (C=O) groups is 1. The van der Waals surface area contributed by atoms with E-state index in [9.17, 15) is 13.2 Å². The Morgan fingerprint density at radius 3 is 2.41 bits per heavy atom. The number of para-hydroxylation sites is 2. The third-order valence-corrected chi connectivity index (χ3v) is 7.19. The lowest BCUT2D eigenvalue weighted by atomic mass is 10.2. The lowest BCUT2D eigenvalue weighted by molar-refractivity contribution is -0.127. The van der Waals surface area contributed by atoms with Gasteiger partial charge < -0.3 is 14.8 Å². The highest BCUT2D eigenvalue weighted by Gasteiger charge is 2.37. The van der Waals surface area contributed by atoms with E-state index in [-0.39, 0.29) is 30.0 Å². The van der Waals surface area contributed by atoms with Crippen LogP contribution >= 0.6 is 0 Å². The molecule has 1 N–H and O–H groups in total. The highest BCUT2D eigenvalue weighted by molar-refractivity contribution is 7.92. The number of anilines is 1. The van der Waals surface area contributed by atoms with Gasteiger partial charge in [-0.2, -0.15) is 0 Å². The van der Waals surface area contributed by atoms with Crippen LogP contribution in [-0.2, 0) is 21.4 Å². The molecule has 1 amide bonds. The lowest BCUT2D eigenvalue weighted by Gasteiger charge is -2.34. The van der Waals surface area contributed by atoms with Crippen LogP contribution in [0.4, 0.5) is 5.69 Å². The maximum atomic E-state index is 13.4. The average Bonchev–Trinajstić information content (AvgIpc) is 2.82. The number of ether oxygens (including phenoxy) is 2. The van der Waals surface area contributed by atoms with Crippen molar-refractivity contribution in [2.75, 3.05) is 10.8 Å². The van der Waals surface area contributed by atoms with Crippen molar-refractivity contribution in [3.05, 3.63) is 83.9 Å². The minimum absolute atomic E-state index is 0.0796. The molecular weight excluding hydrogens is 452 g/mol. The second-order valence-corrected chi connectivity index (χ2v) is 10.3. The lowest BCUT2D eigenvalue weighted by Crippen LogP contribution is -2.50. The number of nitrogens with one attached hydrogen (secondary N) is 1. The SMILES string of the molecule is Cc1ccc(S(=O)(=O)N2CC(C(=O)NCc3ccc(OC(C)C)cc3)Oc3ccccc32)cc1. The van der Waals surface area contributed by atoms with E-state index in [1.54, 1.807) is 48.5 Å². The van der Waals surface area contributed by atoms with E-state index in [1.165, 1.54) is 4.31 Å². The van der Waals surface area contributed by atoms with E-state index in [1.807, 2.05) is 45.0 Å². The number of nitrogens with zero attached hydrogens (tertiary/aromatic N) is 1. The smallest absolute Gasteiger partial charge is 0.264 e. The Bertz CT molecular complexity index is 1260. The fraction of sp³-hybridized carbons (Fsp3) is 0.269. The summed E-state index contributed by atoms with van der Waals surface area (Å²) >= 11 is 0. The zero-order chi connectivity index (χ0) is 24.3. The van der Waals surface area contributed by atoms with Gasteiger partial charge in [0, 0.05) is 6.54 Å². The molecule has 0 radical (unpaired) electrons. The van der Waals surface area contributed by atoms with Crippen molar-refractivity contribution in [1.82, 2.24) is 5.32 Å². The molecule has 3 aromatic carbocycles. The first kappa shape index (κ1) is 23.6. The van der Waals surface area contributed by atoms with Gasteiger partial charge in [0.1, 0.15) is 11.5 Å². The maximum absolute atomic E-state index is 13.4. The van der Waals surface area contributed by atoms with Gasteiger partial charge in [-0.25, -0.2) is 8.42 Å². The first-order valence-corrected chi connectivity index (χ1v) is 12.6. The molecule has 0 aliphatic carbocycles. The molecule has 4 rings (SSSR count). The number of rotatable bonds is 7. The van der Waals surface area contributed by atoms with Crippen molar-refractivity contribution in [3.8, 4) is 11.5 Å². The van der Waals surface area contributed by atoms with E-state index in [0.29, 0.717) is 11.4 Å². The summed E-state index contributed by atoms with van der Waals surface area (Å²) in [6, 6.07) is 20.9. The third-order valence-electron chi connectivity index (χ3n) is 5.40. The van der Waals surface area contributed by atoms with Crippen molar-refractivity contribution in [1.29, 1.82) is 0 Å². The van der Waals surface area contributed by atoms with Gasteiger partial charge in [-0.1, -0.05) is 42.0 Å². The number of fused-ring (bicyclic) bond motifs is 1. The Hall–Kier alpha value is -3.52. The van der Waals surface area contributed by atoms with Crippen molar-refractivity contribution >= 4 is 21.6 Å². The minimum atomic E-state index is -3.88. The van der Waals surface area contributed by atoms with E-state index in [4.69, 9.17) is 9.47 Å². The van der Waals surface area contributed by atoms with E-state index >= 15 is 0 Å². The summed E-state index contributed by atoms with van der Waals surface area (Å²) in [5.41, 5.74) is 2.26. The Morgan fingerprint density at radius 1 is 1.06 bits per heavy atom. The maximum Gasteiger partial charge on any atom is 0.264 e. The quantitative estimate of drug-likeness (QED) is 0.551. The molecule has 7 nitrogen and oxygen atoms in total. The van der Waals surface area contributed by atoms with Crippen molar-refractivity contribution in [2.45, 2.75) is 44.4 Å². The first-order valence-electron chi connectivity index (χ1n) is 11.1. The van der Waals surface area contributed by atoms with Gasteiger partial charge in [-0.3, -0.25) is 9.10 Å². The highest BCUT2D eigenvalue weighted by atomic mass is 32.2. The molecule has 0 fully saturated rings. The second-order valence-electron chi connectivity index (χ2n) is 8.45. The van der Waals surface area contributed by atoms with Crippen LogP contribution in [0.3, 0.4) is 0 Å². The van der Waals surface area contributed by atoms with Crippen LogP contribution in [0.2, 0.25) is 0 Å². The van der Waals surface area contributed by atoms with Crippen LogP contribution in [0.5, 0.6) is 11.5 Å². The summed E-state index contributed by atoms with van der Waals surface area (Å²) in [6.45, 7) is 5.97. The van der Waals surface area contributed by atoms with Crippen LogP contribution in [0.1, 0.15) is 25.0 Å². The second kappa shape index (κ2) is 9.77. The number of amides is 1. The van der Waals surface area contributed by atoms with Crippen molar-refractivity contribution in [2.24, 2.45) is 0 Å². The Labute approximate surface area is 200 Å². The molecule has 1 heterocycles. The summed E-state index contributed by atoms with van der Waals surface area (Å²) in [6.07, 6.45) is -0.908. The van der Waals surface area contributed by atoms with Gasteiger partial charge in [0.05, 0.1) is 23.2 Å². The molecule has 3 aromatic rings. The molecule has 1 aliphatic heterocycles. The van der Waals surface area contributed by atoms with Crippen LogP contribution in [0, 0.1) is 6.92 Å². The molecule has 1 aliphatic rings. The zero-order valence-electron chi connectivity index (χ0n) is 19.4. The number of carbonyl (C=O) groups excluding carboxylic acids is 1. The number of hydrogen-bond acceptors (Lipinski definition) is 5. The Morgan fingerprint density at radius 2 is 1.74 bits per heavy atom. The van der Waals surface area contributed by atoms with Crippen LogP contribution in [-0.4, -0.2) is 33.1 Å².